The van der Waals surface area contributed by atoms with Crippen LogP contribution in [0.3, 0.4) is 0 Å². The summed E-state index contributed by atoms with van der Waals surface area (Å²) < 4.78 is 26.4. The summed E-state index contributed by atoms with van der Waals surface area (Å²) in [5.74, 6) is -3.46. The number of fused-ring (bicyclic) bond motifs is 1. The topological polar surface area (TPSA) is 37.4 Å². The van der Waals surface area contributed by atoms with Crippen molar-refractivity contribution >= 4 is 17.4 Å². The minimum atomic E-state index is -0.980. The summed E-state index contributed by atoms with van der Waals surface area (Å²) in [4.78, 5) is 24.1. The number of nitrogens with zero attached hydrogens (tertiary/aromatic N) is 1. The number of hydrogen-bond acceptors (Lipinski definition) is 2. The van der Waals surface area contributed by atoms with Gasteiger partial charge in [-0.05, 0) is 12.5 Å². The van der Waals surface area contributed by atoms with Gasteiger partial charge in [0.25, 0.3) is 11.7 Å². The van der Waals surface area contributed by atoms with Gasteiger partial charge in [-0.1, -0.05) is 6.92 Å². The van der Waals surface area contributed by atoms with Gasteiger partial charge in [-0.3, -0.25) is 9.59 Å². The van der Waals surface area contributed by atoms with Crippen molar-refractivity contribution in [1.29, 1.82) is 0 Å². The molecule has 1 aliphatic heterocycles. The van der Waals surface area contributed by atoms with E-state index in [1.54, 1.807) is 0 Å². The molecule has 0 atom stereocenters. The smallest absolute Gasteiger partial charge is 0.299 e. The molecule has 1 heterocycles. The normalized spacial score (nSPS) is 14.6. The van der Waals surface area contributed by atoms with Crippen LogP contribution < -0.4 is 4.90 Å². The summed E-state index contributed by atoms with van der Waals surface area (Å²) in [5.41, 5.74) is -0.283. The molecule has 1 aliphatic rings. The standard InChI is InChI=1S/C11H9F2NO2/c1-2-3-14-8-5-6(12)4-7(13)9(8)10(15)11(14)16/h4-5H,2-3H2,1H3. The number of Topliss-reactive ketones (excluding diaryl/α,β-unsaturated/α-hetero) is 1. The van der Waals surface area contributed by atoms with Gasteiger partial charge in [-0.2, -0.15) is 0 Å². The van der Waals surface area contributed by atoms with E-state index in [1.807, 2.05) is 6.92 Å². The van der Waals surface area contributed by atoms with E-state index in [0.717, 1.165) is 11.0 Å². The Morgan fingerprint density at radius 2 is 1.94 bits per heavy atom. The van der Waals surface area contributed by atoms with Crippen LogP contribution in [0.25, 0.3) is 0 Å². The van der Waals surface area contributed by atoms with Crippen molar-refractivity contribution in [2.24, 2.45) is 0 Å². The first kappa shape index (κ1) is 10.7. The average Bonchev–Trinajstić information content (AvgIpc) is 2.44. The molecule has 16 heavy (non-hydrogen) atoms. The van der Waals surface area contributed by atoms with Gasteiger partial charge >= 0.3 is 0 Å². The molecule has 0 aromatic heterocycles. The van der Waals surface area contributed by atoms with Crippen molar-refractivity contribution in [2.45, 2.75) is 13.3 Å². The molecule has 0 fully saturated rings. The molecule has 3 nitrogen and oxygen atoms in total. The Bertz CT molecular complexity index is 485. The molecular weight excluding hydrogens is 216 g/mol. The molecule has 0 bridgehead atoms. The van der Waals surface area contributed by atoms with Crippen LogP contribution in [-0.4, -0.2) is 18.2 Å². The molecule has 0 unspecified atom stereocenters. The predicted molar refractivity (Wildman–Crippen MR) is 53.3 cm³/mol. The van der Waals surface area contributed by atoms with E-state index in [9.17, 15) is 18.4 Å². The highest BCUT2D eigenvalue weighted by Gasteiger charge is 2.38. The van der Waals surface area contributed by atoms with Crippen molar-refractivity contribution in [3.05, 3.63) is 29.3 Å². The number of amides is 1. The predicted octanol–water partition coefficient (Wildman–Crippen LogP) is 1.90. The Balaban J connectivity index is 2.60. The fourth-order valence-corrected chi connectivity index (χ4v) is 1.78. The maximum absolute atomic E-state index is 13.3. The molecule has 1 aromatic carbocycles. The molecule has 5 heteroatoms. The molecule has 1 aromatic rings. The molecule has 2 rings (SSSR count). The van der Waals surface area contributed by atoms with E-state index in [1.165, 1.54) is 0 Å². The van der Waals surface area contributed by atoms with Crippen LogP contribution in [0.1, 0.15) is 23.7 Å². The summed E-state index contributed by atoms with van der Waals surface area (Å²) in [5, 5.41) is 0. The van der Waals surface area contributed by atoms with Gasteiger partial charge in [-0.25, -0.2) is 8.78 Å². The van der Waals surface area contributed by atoms with Crippen LogP contribution in [-0.2, 0) is 4.79 Å². The van der Waals surface area contributed by atoms with Crippen LogP contribution in [0.15, 0.2) is 12.1 Å². The lowest BCUT2D eigenvalue weighted by molar-refractivity contribution is -0.114. The summed E-state index contributed by atoms with van der Waals surface area (Å²) in [7, 11) is 0. The fraction of sp³-hybridized carbons (Fsp3) is 0.273. The molecule has 1 amide bonds. The second-order valence-corrected chi connectivity index (χ2v) is 3.57. The molecule has 0 N–H and O–H groups in total. The molecule has 84 valence electrons. The largest absolute Gasteiger partial charge is 0.305 e. The number of benzene rings is 1. The first-order valence-electron chi connectivity index (χ1n) is 4.91. The van der Waals surface area contributed by atoms with E-state index < -0.39 is 23.3 Å². The number of rotatable bonds is 2. The van der Waals surface area contributed by atoms with Crippen LogP contribution >= 0.6 is 0 Å². The van der Waals surface area contributed by atoms with Crippen LogP contribution in [0.2, 0.25) is 0 Å². The number of anilines is 1. The highest BCUT2D eigenvalue weighted by Crippen LogP contribution is 2.31. The van der Waals surface area contributed by atoms with Gasteiger partial charge in [0.05, 0.1) is 11.3 Å². The van der Waals surface area contributed by atoms with Crippen molar-refractivity contribution in [3.8, 4) is 0 Å². The third kappa shape index (κ3) is 1.39. The van der Waals surface area contributed by atoms with Gasteiger partial charge in [0.15, 0.2) is 0 Å². The van der Waals surface area contributed by atoms with Crippen LogP contribution in [0.4, 0.5) is 14.5 Å². The number of carbonyl (C=O) groups is 2. The average molecular weight is 225 g/mol. The number of hydrogen-bond donors (Lipinski definition) is 0. The van der Waals surface area contributed by atoms with Crippen LogP contribution in [0, 0.1) is 11.6 Å². The Labute approximate surface area is 90.7 Å². The summed E-state index contributed by atoms with van der Waals surface area (Å²) in [6.07, 6.45) is 0.608. The van der Waals surface area contributed by atoms with Gasteiger partial charge in [0.2, 0.25) is 0 Å². The van der Waals surface area contributed by atoms with Crippen molar-refractivity contribution < 1.29 is 18.4 Å². The zero-order valence-corrected chi connectivity index (χ0v) is 8.59. The van der Waals surface area contributed by atoms with E-state index in [4.69, 9.17) is 0 Å². The Morgan fingerprint density at radius 3 is 2.56 bits per heavy atom. The van der Waals surface area contributed by atoms with Crippen molar-refractivity contribution in [1.82, 2.24) is 0 Å². The molecule has 0 saturated heterocycles. The first-order chi connectivity index (χ1) is 7.56. The summed E-state index contributed by atoms with van der Waals surface area (Å²) in [6.45, 7) is 2.09. The SMILES string of the molecule is CCCN1C(=O)C(=O)c2c(F)cc(F)cc21. The first-order valence-corrected chi connectivity index (χ1v) is 4.91. The third-order valence-corrected chi connectivity index (χ3v) is 2.44. The van der Waals surface area contributed by atoms with E-state index in [-0.39, 0.29) is 17.8 Å². The lowest BCUT2D eigenvalue weighted by Gasteiger charge is -2.14. The quantitative estimate of drug-likeness (QED) is 0.721. The van der Waals surface area contributed by atoms with E-state index in [2.05, 4.69) is 0 Å². The molecule has 0 saturated carbocycles. The maximum atomic E-state index is 13.3. The molecular formula is C11H9F2NO2. The van der Waals surface area contributed by atoms with Gasteiger partial charge in [0.1, 0.15) is 11.6 Å². The van der Waals surface area contributed by atoms with Crippen molar-refractivity contribution in [3.63, 3.8) is 0 Å². The monoisotopic (exact) mass is 225 g/mol. The Kier molecular flexibility index (Phi) is 2.46. The lowest BCUT2D eigenvalue weighted by atomic mass is 10.1. The number of halogens is 2. The van der Waals surface area contributed by atoms with Gasteiger partial charge < -0.3 is 4.90 Å². The van der Waals surface area contributed by atoms with E-state index >= 15 is 0 Å². The third-order valence-electron chi connectivity index (χ3n) is 2.44. The minimum Gasteiger partial charge on any atom is -0.305 e. The highest BCUT2D eigenvalue weighted by molar-refractivity contribution is 6.52. The Hall–Kier alpha value is -1.78. The maximum Gasteiger partial charge on any atom is 0.299 e. The molecule has 0 spiro atoms. The zero-order valence-electron chi connectivity index (χ0n) is 8.59. The summed E-state index contributed by atoms with van der Waals surface area (Å²) >= 11 is 0. The fourth-order valence-electron chi connectivity index (χ4n) is 1.78. The molecule has 0 radical (unpaired) electrons. The summed E-state index contributed by atoms with van der Waals surface area (Å²) in [6, 6.07) is 1.62. The number of carbonyl (C=O) groups excluding carboxylic acids is 2. The van der Waals surface area contributed by atoms with Gasteiger partial charge in [0, 0.05) is 12.6 Å². The molecule has 0 aliphatic carbocycles. The highest BCUT2D eigenvalue weighted by atomic mass is 19.1. The van der Waals surface area contributed by atoms with Crippen LogP contribution in [0.5, 0.6) is 0 Å². The van der Waals surface area contributed by atoms with Gasteiger partial charge in [-0.15, -0.1) is 0 Å². The lowest BCUT2D eigenvalue weighted by Crippen LogP contribution is -2.30. The Morgan fingerprint density at radius 1 is 1.25 bits per heavy atom. The number of ketones is 1. The second-order valence-electron chi connectivity index (χ2n) is 3.57. The van der Waals surface area contributed by atoms with Crippen molar-refractivity contribution in [2.75, 3.05) is 11.4 Å². The minimum absolute atomic E-state index is 0.0364. The van der Waals surface area contributed by atoms with E-state index in [0.29, 0.717) is 12.5 Å². The second kappa shape index (κ2) is 3.66. The zero-order chi connectivity index (χ0) is 11.9.